The summed E-state index contributed by atoms with van der Waals surface area (Å²) in [6.45, 7) is 1.36. The van der Waals surface area contributed by atoms with E-state index in [2.05, 4.69) is 34.9 Å². The molecule has 7 heteroatoms. The molecule has 1 atom stereocenters. The average molecular weight is 506 g/mol. The Hall–Kier alpha value is -2.93. The van der Waals surface area contributed by atoms with Crippen molar-refractivity contribution >= 4 is 17.7 Å². The van der Waals surface area contributed by atoms with E-state index < -0.39 is 17.4 Å². The molecule has 2 aromatic rings. The second-order valence-electron chi connectivity index (χ2n) is 11.1. The summed E-state index contributed by atoms with van der Waals surface area (Å²) in [6.07, 6.45) is 10.1. The van der Waals surface area contributed by atoms with Crippen molar-refractivity contribution in [2.45, 2.75) is 82.8 Å². The van der Waals surface area contributed by atoms with Crippen molar-refractivity contribution in [1.29, 1.82) is 0 Å². The number of carbonyl (C=O) groups is 2. The molecule has 37 heavy (non-hydrogen) atoms. The van der Waals surface area contributed by atoms with E-state index in [9.17, 15) is 14.7 Å². The first kappa shape index (κ1) is 25.7. The number of carbonyl (C=O) groups excluding carboxylic acids is 1. The van der Waals surface area contributed by atoms with Crippen molar-refractivity contribution in [3.8, 4) is 0 Å². The van der Waals surface area contributed by atoms with Gasteiger partial charge in [0.2, 0.25) is 5.91 Å². The molecule has 2 heterocycles. The minimum Gasteiger partial charge on any atom is -0.480 e. The lowest BCUT2D eigenvalue weighted by Gasteiger charge is -2.35. The number of fused-ring (bicyclic) bond motifs is 1. The number of carboxylic acid groups (broad SMARTS) is 1. The van der Waals surface area contributed by atoms with Crippen molar-refractivity contribution in [3.05, 3.63) is 59.3 Å². The number of amides is 1. The molecule has 1 aromatic heterocycles. The topological polar surface area (TPSA) is 101 Å². The summed E-state index contributed by atoms with van der Waals surface area (Å²) >= 11 is 0. The molecule has 2 saturated carbocycles. The van der Waals surface area contributed by atoms with E-state index in [0.29, 0.717) is 18.9 Å². The summed E-state index contributed by atoms with van der Waals surface area (Å²) in [5.74, 6) is 0.576. The molecule has 1 amide bonds. The predicted octanol–water partition coefficient (Wildman–Crippen LogP) is 4.54. The van der Waals surface area contributed by atoms with Crippen LogP contribution in [0.1, 0.15) is 68.2 Å². The van der Waals surface area contributed by atoms with Crippen LogP contribution in [0.4, 0.5) is 5.82 Å². The molecule has 3 aliphatic rings. The van der Waals surface area contributed by atoms with Gasteiger partial charge in [0.1, 0.15) is 11.9 Å². The van der Waals surface area contributed by atoms with E-state index in [0.717, 1.165) is 75.8 Å². The van der Waals surface area contributed by atoms with Gasteiger partial charge in [0.15, 0.2) is 0 Å². The Morgan fingerprint density at radius 1 is 1.14 bits per heavy atom. The maximum atomic E-state index is 12.9. The van der Waals surface area contributed by atoms with Gasteiger partial charge in [-0.3, -0.25) is 4.79 Å². The van der Waals surface area contributed by atoms with Crippen molar-refractivity contribution in [2.75, 3.05) is 18.5 Å². The zero-order valence-electron chi connectivity index (χ0n) is 21.6. The molecule has 0 spiro atoms. The van der Waals surface area contributed by atoms with Crippen molar-refractivity contribution in [1.82, 2.24) is 10.3 Å². The number of rotatable bonds is 13. The Morgan fingerprint density at radius 2 is 1.95 bits per heavy atom. The monoisotopic (exact) mass is 505 g/mol. The summed E-state index contributed by atoms with van der Waals surface area (Å²) in [5, 5.41) is 15.9. The number of anilines is 1. The number of ether oxygens (including phenoxy) is 1. The van der Waals surface area contributed by atoms with Crippen LogP contribution in [0.2, 0.25) is 0 Å². The number of pyridine rings is 1. The third kappa shape index (κ3) is 6.69. The quantitative estimate of drug-likeness (QED) is 0.370. The summed E-state index contributed by atoms with van der Waals surface area (Å²) in [6, 6.07) is 13.6. The Morgan fingerprint density at radius 3 is 2.70 bits per heavy atom. The number of nitrogens with zero attached hydrogens (tertiary/aromatic N) is 1. The first-order valence-corrected chi connectivity index (χ1v) is 13.9. The van der Waals surface area contributed by atoms with Crippen molar-refractivity contribution in [3.63, 3.8) is 0 Å². The maximum absolute atomic E-state index is 12.9. The number of carboxylic acids is 1. The third-order valence-corrected chi connectivity index (χ3v) is 8.39. The van der Waals surface area contributed by atoms with Gasteiger partial charge in [-0.05, 0) is 87.3 Å². The molecule has 5 rings (SSSR count). The lowest BCUT2D eigenvalue weighted by Crippen LogP contribution is -2.45. The Labute approximate surface area is 219 Å². The lowest BCUT2D eigenvalue weighted by molar-refractivity contribution is -0.143. The summed E-state index contributed by atoms with van der Waals surface area (Å²) in [5.41, 5.74) is 3.27. The van der Waals surface area contributed by atoms with Gasteiger partial charge < -0.3 is 20.5 Å². The van der Waals surface area contributed by atoms with Crippen LogP contribution in [-0.2, 0) is 33.6 Å². The van der Waals surface area contributed by atoms with Crippen LogP contribution in [0.5, 0.6) is 0 Å². The van der Waals surface area contributed by atoms with Crippen LogP contribution in [0.15, 0.2) is 42.5 Å². The zero-order chi connectivity index (χ0) is 25.7. The first-order valence-electron chi connectivity index (χ1n) is 13.9. The maximum Gasteiger partial charge on any atom is 0.326 e. The average Bonchev–Trinajstić information content (AvgIpc) is 3.69. The Kier molecular flexibility index (Phi) is 8.08. The Bertz CT molecular complexity index is 1080. The van der Waals surface area contributed by atoms with Crippen LogP contribution >= 0.6 is 0 Å². The standard InChI is InChI=1S/C30H39N3O4/c34-28(35)26(33-29(36)30(15-16-30)14-12-21-5-2-1-3-6-21)13-18-37-25-19-22(20-25)8-10-24-11-9-23-7-4-17-31-27(23)32-24/h1-3,5-6,9,11,22,25-26H,4,7-8,10,12-20H2,(H,31,32)(H,33,36)(H,34,35)/t22-,25-,26-/m0/s1. The van der Waals surface area contributed by atoms with Crippen molar-refractivity contribution in [2.24, 2.45) is 11.3 Å². The summed E-state index contributed by atoms with van der Waals surface area (Å²) < 4.78 is 5.96. The van der Waals surface area contributed by atoms with Crippen LogP contribution in [-0.4, -0.2) is 47.3 Å². The molecule has 0 radical (unpaired) electrons. The molecule has 3 N–H and O–H groups in total. The normalized spacial score (nSPS) is 22.2. The highest BCUT2D eigenvalue weighted by Crippen LogP contribution is 2.49. The van der Waals surface area contributed by atoms with Gasteiger partial charge in [-0.25, -0.2) is 9.78 Å². The summed E-state index contributed by atoms with van der Waals surface area (Å²) in [7, 11) is 0. The summed E-state index contributed by atoms with van der Waals surface area (Å²) in [4.78, 5) is 29.5. The number of nitrogens with one attached hydrogen (secondary N) is 2. The SMILES string of the molecule is O=C(O)[C@H](CCO[C@H]1C[C@H](CCc2ccc3c(n2)NCCC3)C1)NC(=O)C1(CCc2ccccc2)CC1. The fourth-order valence-corrected chi connectivity index (χ4v) is 5.60. The van der Waals surface area contributed by atoms with Crippen LogP contribution in [0.25, 0.3) is 0 Å². The predicted molar refractivity (Wildman–Crippen MR) is 142 cm³/mol. The molecule has 0 unspecified atom stereocenters. The van der Waals surface area contributed by atoms with E-state index in [-0.39, 0.29) is 12.0 Å². The number of aromatic nitrogens is 1. The number of benzene rings is 1. The van der Waals surface area contributed by atoms with Crippen LogP contribution < -0.4 is 10.6 Å². The van der Waals surface area contributed by atoms with Crippen LogP contribution in [0, 0.1) is 11.3 Å². The molecular weight excluding hydrogens is 466 g/mol. The number of aryl methyl sites for hydroxylation is 3. The van der Waals surface area contributed by atoms with Gasteiger partial charge in [-0.1, -0.05) is 36.4 Å². The van der Waals surface area contributed by atoms with E-state index in [1.54, 1.807) is 0 Å². The van der Waals surface area contributed by atoms with Gasteiger partial charge in [0.25, 0.3) is 0 Å². The molecule has 0 saturated heterocycles. The van der Waals surface area contributed by atoms with Gasteiger partial charge >= 0.3 is 5.97 Å². The van der Waals surface area contributed by atoms with Crippen molar-refractivity contribution < 1.29 is 19.4 Å². The number of hydrogen-bond donors (Lipinski definition) is 3. The molecule has 7 nitrogen and oxygen atoms in total. The Balaban J connectivity index is 0.990. The van der Waals surface area contributed by atoms with Gasteiger partial charge in [0, 0.05) is 30.7 Å². The minimum absolute atomic E-state index is 0.120. The van der Waals surface area contributed by atoms with Gasteiger partial charge in [-0.2, -0.15) is 0 Å². The molecule has 2 aliphatic carbocycles. The molecular formula is C30H39N3O4. The fourth-order valence-electron chi connectivity index (χ4n) is 5.60. The zero-order valence-corrected chi connectivity index (χ0v) is 21.6. The second kappa shape index (κ2) is 11.6. The van der Waals surface area contributed by atoms with E-state index >= 15 is 0 Å². The highest BCUT2D eigenvalue weighted by molar-refractivity contribution is 5.89. The highest BCUT2D eigenvalue weighted by Gasteiger charge is 2.49. The van der Waals surface area contributed by atoms with E-state index in [1.807, 2.05) is 18.2 Å². The lowest BCUT2D eigenvalue weighted by atomic mass is 9.79. The smallest absolute Gasteiger partial charge is 0.326 e. The molecule has 198 valence electrons. The second-order valence-corrected chi connectivity index (χ2v) is 11.1. The molecule has 1 aliphatic heterocycles. The van der Waals surface area contributed by atoms with E-state index in [1.165, 1.54) is 17.5 Å². The first-order chi connectivity index (χ1) is 18.0. The van der Waals surface area contributed by atoms with Crippen LogP contribution in [0.3, 0.4) is 0 Å². The largest absolute Gasteiger partial charge is 0.480 e. The molecule has 2 fully saturated rings. The van der Waals surface area contributed by atoms with E-state index in [4.69, 9.17) is 9.72 Å². The number of hydrogen-bond acceptors (Lipinski definition) is 5. The molecule has 1 aromatic carbocycles. The fraction of sp³-hybridized carbons (Fsp3) is 0.567. The van der Waals surface area contributed by atoms with Gasteiger partial charge in [-0.15, -0.1) is 0 Å². The third-order valence-electron chi connectivity index (χ3n) is 8.39. The minimum atomic E-state index is -0.991. The number of aliphatic carboxylic acids is 1. The van der Waals surface area contributed by atoms with Gasteiger partial charge in [0.05, 0.1) is 6.10 Å². The highest BCUT2D eigenvalue weighted by atomic mass is 16.5. The molecule has 0 bridgehead atoms.